The Morgan fingerprint density at radius 3 is 2.68 bits per heavy atom. The SMILES string of the molecule is CC(=O)Nc1cccc(-c2cc(/C=N/O)cc3ncn(-c4ccccc4)c23)c1. The van der Waals surface area contributed by atoms with Crippen LogP contribution < -0.4 is 5.32 Å². The number of hydrogen-bond donors (Lipinski definition) is 2. The Hall–Kier alpha value is -3.93. The van der Waals surface area contributed by atoms with Crippen LogP contribution in [0.3, 0.4) is 0 Å². The number of anilines is 1. The molecule has 0 bridgehead atoms. The molecule has 0 saturated carbocycles. The first-order chi connectivity index (χ1) is 13.7. The van der Waals surface area contributed by atoms with E-state index >= 15 is 0 Å². The Kier molecular flexibility index (Phi) is 4.60. The maximum atomic E-state index is 11.4. The van der Waals surface area contributed by atoms with Crippen molar-refractivity contribution >= 4 is 28.8 Å². The Morgan fingerprint density at radius 2 is 1.93 bits per heavy atom. The smallest absolute Gasteiger partial charge is 0.221 e. The fourth-order valence-electron chi connectivity index (χ4n) is 3.28. The van der Waals surface area contributed by atoms with Gasteiger partial charge in [0.1, 0.15) is 6.33 Å². The number of nitrogens with zero attached hydrogens (tertiary/aromatic N) is 3. The summed E-state index contributed by atoms with van der Waals surface area (Å²) in [5, 5.41) is 14.9. The molecule has 1 aromatic heterocycles. The minimum atomic E-state index is -0.127. The summed E-state index contributed by atoms with van der Waals surface area (Å²) in [6.07, 6.45) is 3.16. The fraction of sp³-hybridized carbons (Fsp3) is 0.0455. The molecular formula is C22H18N4O2. The lowest BCUT2D eigenvalue weighted by atomic mass is 10.0. The second-order valence-electron chi connectivity index (χ2n) is 6.39. The number of aromatic nitrogens is 2. The Balaban J connectivity index is 1.97. The van der Waals surface area contributed by atoms with Gasteiger partial charge in [0.05, 0.1) is 17.2 Å². The predicted octanol–water partition coefficient (Wildman–Crippen LogP) is 4.46. The molecule has 1 heterocycles. The van der Waals surface area contributed by atoms with E-state index < -0.39 is 0 Å². The van der Waals surface area contributed by atoms with Crippen LogP contribution in [-0.4, -0.2) is 26.9 Å². The minimum absolute atomic E-state index is 0.127. The molecule has 1 amide bonds. The first-order valence-electron chi connectivity index (χ1n) is 8.77. The van der Waals surface area contributed by atoms with E-state index in [2.05, 4.69) is 15.5 Å². The third-order valence-corrected chi connectivity index (χ3v) is 4.40. The van der Waals surface area contributed by atoms with Gasteiger partial charge in [-0.25, -0.2) is 4.98 Å². The Morgan fingerprint density at radius 1 is 1.11 bits per heavy atom. The molecule has 6 heteroatoms. The number of hydrogen-bond acceptors (Lipinski definition) is 4. The van der Waals surface area contributed by atoms with Crippen LogP contribution >= 0.6 is 0 Å². The van der Waals surface area contributed by atoms with Crippen molar-refractivity contribution < 1.29 is 10.0 Å². The maximum Gasteiger partial charge on any atom is 0.221 e. The predicted molar refractivity (Wildman–Crippen MR) is 110 cm³/mol. The number of benzene rings is 3. The largest absolute Gasteiger partial charge is 0.411 e. The molecule has 0 spiro atoms. The van der Waals surface area contributed by atoms with Gasteiger partial charge in [-0.2, -0.15) is 0 Å². The van der Waals surface area contributed by atoms with Crippen LogP contribution in [0.15, 0.2) is 78.2 Å². The summed E-state index contributed by atoms with van der Waals surface area (Å²) < 4.78 is 2.02. The van der Waals surface area contributed by atoms with E-state index in [-0.39, 0.29) is 5.91 Å². The standard InChI is InChI=1S/C22H18N4O2/c1-15(27)25-18-7-5-6-17(12-18)20-10-16(13-24-28)11-21-22(20)26(14-23-21)19-8-3-2-4-9-19/h2-14,28H,1H3,(H,25,27)/b24-13+. The summed E-state index contributed by atoms with van der Waals surface area (Å²) in [4.78, 5) is 16.0. The third-order valence-electron chi connectivity index (χ3n) is 4.40. The average Bonchev–Trinajstić information content (AvgIpc) is 3.12. The first kappa shape index (κ1) is 17.5. The maximum absolute atomic E-state index is 11.4. The Labute approximate surface area is 161 Å². The highest BCUT2D eigenvalue weighted by Crippen LogP contribution is 2.32. The number of oxime groups is 1. The van der Waals surface area contributed by atoms with Crippen LogP contribution in [-0.2, 0) is 4.79 Å². The Bertz CT molecular complexity index is 1180. The summed E-state index contributed by atoms with van der Waals surface area (Å²) >= 11 is 0. The second-order valence-corrected chi connectivity index (χ2v) is 6.39. The average molecular weight is 370 g/mol. The van der Waals surface area contributed by atoms with Gasteiger partial charge in [-0.1, -0.05) is 35.5 Å². The number of imidazole rings is 1. The highest BCUT2D eigenvalue weighted by Gasteiger charge is 2.13. The fourth-order valence-corrected chi connectivity index (χ4v) is 3.28. The monoisotopic (exact) mass is 370 g/mol. The van der Waals surface area contributed by atoms with Crippen molar-refractivity contribution in [2.45, 2.75) is 6.92 Å². The quantitative estimate of drug-likeness (QED) is 0.316. The molecule has 3 aromatic carbocycles. The number of para-hydroxylation sites is 1. The van der Waals surface area contributed by atoms with Gasteiger partial charge in [0.2, 0.25) is 5.91 Å². The van der Waals surface area contributed by atoms with Crippen molar-refractivity contribution in [2.24, 2.45) is 5.16 Å². The normalized spacial score (nSPS) is 11.2. The number of rotatable bonds is 4. The number of nitrogens with one attached hydrogen (secondary N) is 1. The molecule has 138 valence electrons. The van der Waals surface area contributed by atoms with Crippen LogP contribution in [0.1, 0.15) is 12.5 Å². The first-order valence-corrected chi connectivity index (χ1v) is 8.77. The molecule has 0 unspecified atom stereocenters. The number of amides is 1. The van der Waals surface area contributed by atoms with E-state index in [4.69, 9.17) is 5.21 Å². The van der Waals surface area contributed by atoms with Gasteiger partial charge in [-0.15, -0.1) is 0 Å². The molecule has 0 aliphatic heterocycles. The zero-order chi connectivity index (χ0) is 19.5. The zero-order valence-corrected chi connectivity index (χ0v) is 15.2. The van der Waals surface area contributed by atoms with Gasteiger partial charge in [0.25, 0.3) is 0 Å². The molecule has 0 atom stereocenters. The van der Waals surface area contributed by atoms with Crippen molar-refractivity contribution in [3.05, 3.63) is 78.6 Å². The lowest BCUT2D eigenvalue weighted by Crippen LogP contribution is -2.05. The van der Waals surface area contributed by atoms with Gasteiger partial charge in [0, 0.05) is 23.9 Å². The highest BCUT2D eigenvalue weighted by atomic mass is 16.4. The molecular weight excluding hydrogens is 352 g/mol. The lowest BCUT2D eigenvalue weighted by Gasteiger charge is -2.12. The van der Waals surface area contributed by atoms with Crippen LogP contribution in [0.2, 0.25) is 0 Å². The van der Waals surface area contributed by atoms with E-state index in [1.165, 1.54) is 13.1 Å². The van der Waals surface area contributed by atoms with E-state index in [1.807, 2.05) is 71.3 Å². The topological polar surface area (TPSA) is 79.5 Å². The van der Waals surface area contributed by atoms with E-state index in [9.17, 15) is 4.79 Å². The molecule has 0 aliphatic rings. The van der Waals surface area contributed by atoms with Crippen molar-refractivity contribution in [3.63, 3.8) is 0 Å². The summed E-state index contributed by atoms with van der Waals surface area (Å²) in [6, 6.07) is 21.4. The van der Waals surface area contributed by atoms with Gasteiger partial charge < -0.3 is 10.5 Å². The lowest BCUT2D eigenvalue weighted by molar-refractivity contribution is -0.114. The number of fused-ring (bicyclic) bond motifs is 1. The van der Waals surface area contributed by atoms with Crippen LogP contribution in [0, 0.1) is 0 Å². The summed E-state index contributed by atoms with van der Waals surface area (Å²) in [7, 11) is 0. The van der Waals surface area contributed by atoms with Gasteiger partial charge >= 0.3 is 0 Å². The van der Waals surface area contributed by atoms with Crippen LogP contribution in [0.5, 0.6) is 0 Å². The van der Waals surface area contributed by atoms with Crippen molar-refractivity contribution in [1.82, 2.24) is 9.55 Å². The van der Waals surface area contributed by atoms with Gasteiger partial charge in [0.15, 0.2) is 0 Å². The molecule has 0 radical (unpaired) electrons. The zero-order valence-electron chi connectivity index (χ0n) is 15.2. The third kappa shape index (κ3) is 3.35. The summed E-state index contributed by atoms with van der Waals surface area (Å²) in [5.41, 5.74) is 5.98. The minimum Gasteiger partial charge on any atom is -0.411 e. The molecule has 2 N–H and O–H groups in total. The number of carbonyl (C=O) groups excluding carboxylic acids is 1. The molecule has 4 rings (SSSR count). The van der Waals surface area contributed by atoms with E-state index in [0.717, 1.165) is 33.4 Å². The molecule has 0 saturated heterocycles. The van der Waals surface area contributed by atoms with E-state index in [1.54, 1.807) is 6.33 Å². The van der Waals surface area contributed by atoms with Crippen LogP contribution in [0.4, 0.5) is 5.69 Å². The highest BCUT2D eigenvalue weighted by molar-refractivity contribution is 5.99. The van der Waals surface area contributed by atoms with Crippen molar-refractivity contribution in [1.29, 1.82) is 0 Å². The van der Waals surface area contributed by atoms with Crippen LogP contribution in [0.25, 0.3) is 27.8 Å². The van der Waals surface area contributed by atoms with Gasteiger partial charge in [-0.3, -0.25) is 9.36 Å². The summed E-state index contributed by atoms with van der Waals surface area (Å²) in [5.74, 6) is -0.127. The molecule has 4 aromatic rings. The van der Waals surface area contributed by atoms with Gasteiger partial charge in [-0.05, 0) is 47.5 Å². The summed E-state index contributed by atoms with van der Waals surface area (Å²) in [6.45, 7) is 1.48. The van der Waals surface area contributed by atoms with Crippen molar-refractivity contribution in [3.8, 4) is 16.8 Å². The number of carbonyl (C=O) groups is 1. The molecule has 0 fully saturated rings. The molecule has 6 nitrogen and oxygen atoms in total. The molecule has 0 aliphatic carbocycles. The second kappa shape index (κ2) is 7.36. The van der Waals surface area contributed by atoms with E-state index in [0.29, 0.717) is 5.69 Å². The van der Waals surface area contributed by atoms with Crippen molar-refractivity contribution in [2.75, 3.05) is 5.32 Å². The molecule has 28 heavy (non-hydrogen) atoms.